The third-order valence-electron chi connectivity index (χ3n) is 20.3. The van der Waals surface area contributed by atoms with Crippen LogP contribution in [0, 0.1) is 0 Å². The van der Waals surface area contributed by atoms with Gasteiger partial charge in [0.05, 0.1) is 44.1 Å². The lowest BCUT2D eigenvalue weighted by Gasteiger charge is -2.16. The summed E-state index contributed by atoms with van der Waals surface area (Å²) >= 11 is 0. The zero-order chi connectivity index (χ0) is 68.9. The number of benzene rings is 16. The van der Waals surface area contributed by atoms with Crippen LogP contribution in [0.5, 0.6) is 0 Å². The molecule has 0 saturated heterocycles. The van der Waals surface area contributed by atoms with E-state index in [1.54, 1.807) is 0 Å². The third-order valence-corrected chi connectivity index (χ3v) is 20.3. The molecule has 0 amide bonds. The van der Waals surface area contributed by atoms with Gasteiger partial charge in [-0.05, 0) is 176 Å². The molecule has 488 valence electrons. The number of fused-ring (bicyclic) bond motifs is 8. The zero-order valence-corrected chi connectivity index (χ0v) is 56.8. The van der Waals surface area contributed by atoms with Crippen molar-refractivity contribution in [3.05, 3.63) is 400 Å². The molecule has 104 heavy (non-hydrogen) atoms. The highest BCUT2D eigenvalue weighted by molar-refractivity contribution is 6.12. The largest absolute Gasteiger partial charge is 0.309 e. The van der Waals surface area contributed by atoms with Crippen LogP contribution in [0.2, 0.25) is 0 Å². The second-order valence-electron chi connectivity index (χ2n) is 26.4. The van der Waals surface area contributed by atoms with Crippen molar-refractivity contribution in [2.75, 3.05) is 0 Å². The number of nitrogens with zero attached hydrogens (tertiary/aromatic N) is 6. The van der Waals surface area contributed by atoms with Crippen LogP contribution in [0.15, 0.2) is 400 Å². The standard InChI is InChI=1S/2C49H33N3/c2*1-3-15-37(16-4-1)51-46-25-13-11-23-43(46)44-33-36(31-32-47(44)51)40-20-8-10-22-42(40)41-21-9-7-19-39(41)34-27-29-35(30-28-34)49-50-45-24-12-14-26-48(45)52(49)38-17-5-2-6-18-38/h2*1-33H. The van der Waals surface area contributed by atoms with Crippen molar-refractivity contribution in [3.63, 3.8) is 0 Å². The van der Waals surface area contributed by atoms with Gasteiger partial charge in [0.1, 0.15) is 11.6 Å². The maximum atomic E-state index is 5.09. The van der Waals surface area contributed by atoms with Gasteiger partial charge >= 0.3 is 0 Å². The van der Waals surface area contributed by atoms with Crippen molar-refractivity contribution < 1.29 is 0 Å². The molecule has 0 radical (unpaired) electrons. The van der Waals surface area contributed by atoms with Crippen molar-refractivity contribution in [1.82, 2.24) is 28.2 Å². The summed E-state index contributed by atoms with van der Waals surface area (Å²) in [6, 6.07) is 143. The molecule has 0 fully saturated rings. The molecule has 0 N–H and O–H groups in total. The van der Waals surface area contributed by atoms with Gasteiger partial charge in [0.25, 0.3) is 0 Å². The first-order chi connectivity index (χ1) is 51.6. The zero-order valence-electron chi connectivity index (χ0n) is 56.8. The first-order valence-electron chi connectivity index (χ1n) is 35.5. The number of imidazole rings is 2. The minimum absolute atomic E-state index is 0.932. The fourth-order valence-corrected chi connectivity index (χ4v) is 15.6. The lowest BCUT2D eigenvalue weighted by molar-refractivity contribution is 1.10. The van der Waals surface area contributed by atoms with Crippen molar-refractivity contribution in [2.24, 2.45) is 0 Å². The second-order valence-corrected chi connectivity index (χ2v) is 26.4. The Morgan fingerprint density at radius 1 is 0.154 bits per heavy atom. The summed E-state index contributed by atoms with van der Waals surface area (Å²) in [4.78, 5) is 10.2. The fraction of sp³-hybridized carbons (Fsp3) is 0. The molecule has 0 unspecified atom stereocenters. The Balaban J connectivity index is 0.000000143. The van der Waals surface area contributed by atoms with E-state index < -0.39 is 0 Å². The Hall–Kier alpha value is -13.9. The van der Waals surface area contributed by atoms with Gasteiger partial charge in [-0.3, -0.25) is 9.13 Å². The SMILES string of the molecule is c1ccc(-n2c(-c3ccc(-c4ccccc4-c4ccccc4-c4ccc5c(c4)c4ccccc4n5-c4ccccc4)cc3)nc3ccccc32)cc1.c1ccc(-n2c(-c3ccc(-c4ccccc4-c4ccccc4-c4ccc5c(c4)c4ccccc4n5-c4ccccc4)cc3)nc3ccccc32)cc1. The van der Waals surface area contributed by atoms with Crippen LogP contribution in [0.1, 0.15) is 0 Å². The summed E-state index contributed by atoms with van der Waals surface area (Å²) in [7, 11) is 0. The van der Waals surface area contributed by atoms with E-state index in [1.807, 2.05) is 12.1 Å². The summed E-state index contributed by atoms with van der Waals surface area (Å²) in [5.41, 5.74) is 30.0. The van der Waals surface area contributed by atoms with Crippen molar-refractivity contribution >= 4 is 65.7 Å². The van der Waals surface area contributed by atoms with E-state index in [9.17, 15) is 0 Å². The molecule has 20 rings (SSSR count). The van der Waals surface area contributed by atoms with Gasteiger partial charge in [-0.2, -0.15) is 0 Å². The van der Waals surface area contributed by atoms with Gasteiger partial charge in [0.2, 0.25) is 0 Å². The quantitative estimate of drug-likeness (QED) is 0.122. The van der Waals surface area contributed by atoms with Crippen LogP contribution >= 0.6 is 0 Å². The van der Waals surface area contributed by atoms with E-state index >= 15 is 0 Å². The fourth-order valence-electron chi connectivity index (χ4n) is 15.6. The molecule has 4 aromatic heterocycles. The van der Waals surface area contributed by atoms with E-state index in [0.717, 1.165) is 67.3 Å². The molecule has 0 spiro atoms. The van der Waals surface area contributed by atoms with Crippen LogP contribution < -0.4 is 0 Å². The molecule has 4 heterocycles. The van der Waals surface area contributed by atoms with Crippen LogP contribution in [0.4, 0.5) is 0 Å². The smallest absolute Gasteiger partial charge is 0.145 e. The number of hydrogen-bond donors (Lipinski definition) is 0. The van der Waals surface area contributed by atoms with Gasteiger partial charge in [0, 0.05) is 55.4 Å². The van der Waals surface area contributed by atoms with Crippen molar-refractivity contribution in [1.29, 1.82) is 0 Å². The molecule has 0 aliphatic carbocycles. The van der Waals surface area contributed by atoms with Gasteiger partial charge in [-0.1, -0.05) is 291 Å². The summed E-state index contributed by atoms with van der Waals surface area (Å²) < 4.78 is 9.24. The minimum atomic E-state index is 0.932. The number of hydrogen-bond acceptors (Lipinski definition) is 2. The van der Waals surface area contributed by atoms with Crippen LogP contribution in [-0.4, -0.2) is 28.2 Å². The topological polar surface area (TPSA) is 45.5 Å². The highest BCUT2D eigenvalue weighted by Crippen LogP contribution is 2.45. The minimum Gasteiger partial charge on any atom is -0.309 e. The van der Waals surface area contributed by atoms with Crippen LogP contribution in [0.25, 0.3) is 178 Å². The maximum absolute atomic E-state index is 5.09. The monoisotopic (exact) mass is 1330 g/mol. The summed E-state index contributed by atoms with van der Waals surface area (Å²) in [5, 5.41) is 5.00. The van der Waals surface area contributed by atoms with Crippen molar-refractivity contribution in [2.45, 2.75) is 0 Å². The average Bonchev–Trinajstić information content (AvgIpc) is 1.58. The van der Waals surface area contributed by atoms with Crippen molar-refractivity contribution in [3.8, 4) is 112 Å². The molecule has 6 heteroatoms. The lowest BCUT2D eigenvalue weighted by Crippen LogP contribution is -1.97. The molecule has 16 aromatic carbocycles. The molecule has 0 aliphatic heterocycles. The maximum Gasteiger partial charge on any atom is 0.145 e. The highest BCUT2D eigenvalue weighted by atomic mass is 15.1. The Kier molecular flexibility index (Phi) is 15.5. The summed E-state index contributed by atoms with van der Waals surface area (Å²) in [6.45, 7) is 0. The second kappa shape index (κ2) is 26.3. The Labute approximate surface area is 602 Å². The first-order valence-corrected chi connectivity index (χ1v) is 35.5. The summed E-state index contributed by atoms with van der Waals surface area (Å²) in [6.07, 6.45) is 0. The van der Waals surface area contributed by atoms with Gasteiger partial charge in [-0.15, -0.1) is 0 Å². The molecular weight excluding hydrogens is 1260 g/mol. The van der Waals surface area contributed by atoms with Crippen LogP contribution in [-0.2, 0) is 0 Å². The van der Waals surface area contributed by atoms with E-state index in [1.165, 1.54) is 111 Å². The molecule has 6 nitrogen and oxygen atoms in total. The Bertz CT molecular complexity index is 6160. The number of para-hydroxylation sites is 10. The third kappa shape index (κ3) is 10.8. The molecule has 0 aliphatic rings. The van der Waals surface area contributed by atoms with E-state index in [2.05, 4.69) is 407 Å². The van der Waals surface area contributed by atoms with Gasteiger partial charge in [0.15, 0.2) is 0 Å². The molecule has 0 bridgehead atoms. The van der Waals surface area contributed by atoms with E-state index in [0.29, 0.717) is 0 Å². The molecular formula is C98H66N6. The first kappa shape index (κ1) is 61.2. The van der Waals surface area contributed by atoms with Crippen LogP contribution in [0.3, 0.4) is 0 Å². The molecule has 20 aromatic rings. The number of aromatic nitrogens is 6. The van der Waals surface area contributed by atoms with E-state index in [-0.39, 0.29) is 0 Å². The average molecular weight is 1330 g/mol. The van der Waals surface area contributed by atoms with E-state index in [4.69, 9.17) is 9.97 Å². The van der Waals surface area contributed by atoms with Gasteiger partial charge < -0.3 is 9.13 Å². The predicted molar refractivity (Wildman–Crippen MR) is 434 cm³/mol. The normalized spacial score (nSPS) is 11.5. The lowest BCUT2D eigenvalue weighted by atomic mass is 9.89. The predicted octanol–water partition coefficient (Wildman–Crippen LogP) is 25.6. The summed E-state index contributed by atoms with van der Waals surface area (Å²) in [5.74, 6) is 1.86. The number of rotatable bonds is 12. The Morgan fingerprint density at radius 3 is 0.740 bits per heavy atom. The molecule has 0 saturated carbocycles. The highest BCUT2D eigenvalue weighted by Gasteiger charge is 2.22. The van der Waals surface area contributed by atoms with Gasteiger partial charge in [-0.25, -0.2) is 9.97 Å². The molecule has 0 atom stereocenters. The Morgan fingerprint density at radius 2 is 0.394 bits per heavy atom.